The van der Waals surface area contributed by atoms with E-state index < -0.39 is 15.2 Å². The number of nitro benzene ring substituents is 1. The van der Waals surface area contributed by atoms with Gasteiger partial charge in [-0.2, -0.15) is 12.7 Å². The lowest BCUT2D eigenvalue weighted by atomic mass is 9.96. The Hall–Kier alpha value is -1.38. The fourth-order valence-electron chi connectivity index (χ4n) is 2.47. The molecule has 1 aliphatic rings. The highest BCUT2D eigenvalue weighted by Gasteiger charge is 2.30. The van der Waals surface area contributed by atoms with E-state index in [1.165, 1.54) is 17.4 Å². The summed E-state index contributed by atoms with van der Waals surface area (Å²) in [7, 11) is -2.51. The Labute approximate surface area is 134 Å². The number of nitrogens with zero attached hydrogens (tertiary/aromatic N) is 2. The minimum absolute atomic E-state index is 0.0874. The van der Waals surface area contributed by atoms with E-state index in [9.17, 15) is 18.5 Å². The minimum atomic E-state index is -3.99. The lowest BCUT2D eigenvalue weighted by Gasteiger charge is -2.29. The summed E-state index contributed by atoms with van der Waals surface area (Å²) >= 11 is 5.86. The molecule has 0 saturated heterocycles. The van der Waals surface area contributed by atoms with E-state index in [2.05, 4.69) is 0 Å². The predicted octanol–water partition coefficient (Wildman–Crippen LogP) is 3.14. The zero-order valence-electron chi connectivity index (χ0n) is 12.1. The maximum atomic E-state index is 12.3. The van der Waals surface area contributed by atoms with Gasteiger partial charge in [-0.15, -0.1) is 0 Å². The van der Waals surface area contributed by atoms with Crippen molar-refractivity contribution in [1.82, 2.24) is 4.31 Å². The van der Waals surface area contributed by atoms with Crippen LogP contribution >= 0.6 is 11.6 Å². The van der Waals surface area contributed by atoms with Gasteiger partial charge in [0, 0.05) is 25.2 Å². The van der Waals surface area contributed by atoms with Crippen molar-refractivity contribution < 1.29 is 17.5 Å². The molecule has 0 aliphatic heterocycles. The zero-order valence-corrected chi connectivity index (χ0v) is 13.6. The van der Waals surface area contributed by atoms with Crippen LogP contribution in [0.3, 0.4) is 0 Å². The lowest BCUT2D eigenvalue weighted by molar-refractivity contribution is -0.384. The highest BCUT2D eigenvalue weighted by atomic mass is 35.5. The summed E-state index contributed by atoms with van der Waals surface area (Å²) < 4.78 is 30.8. The number of rotatable bonds is 5. The first kappa shape index (κ1) is 17.0. The van der Waals surface area contributed by atoms with E-state index in [0.29, 0.717) is 0 Å². The summed E-state index contributed by atoms with van der Waals surface area (Å²) in [6.45, 7) is 0. The minimum Gasteiger partial charge on any atom is -0.369 e. The largest absolute Gasteiger partial charge is 0.385 e. The van der Waals surface area contributed by atoms with E-state index in [1.807, 2.05) is 0 Å². The zero-order chi connectivity index (χ0) is 16.3. The second-order valence-corrected chi connectivity index (χ2v) is 7.23. The van der Waals surface area contributed by atoms with E-state index in [1.54, 1.807) is 0 Å². The topological polar surface area (TPSA) is 89.8 Å². The number of halogens is 1. The fourth-order valence-corrected chi connectivity index (χ4v) is 3.80. The molecular weight excluding hydrogens is 332 g/mol. The summed E-state index contributed by atoms with van der Waals surface area (Å²) in [6, 6.07) is 3.31. The van der Waals surface area contributed by atoms with Gasteiger partial charge in [-0.1, -0.05) is 30.9 Å². The van der Waals surface area contributed by atoms with Crippen molar-refractivity contribution in [3.63, 3.8) is 0 Å². The third-order valence-corrected chi connectivity index (χ3v) is 5.45. The Morgan fingerprint density at radius 2 is 1.95 bits per heavy atom. The Kier molecular flexibility index (Phi) is 5.25. The molecule has 0 heterocycles. The highest BCUT2D eigenvalue weighted by Crippen LogP contribution is 2.31. The number of non-ortho nitro benzene ring substituents is 1. The maximum Gasteiger partial charge on any atom is 0.385 e. The normalized spacial score (nSPS) is 16.7. The second-order valence-electron chi connectivity index (χ2n) is 5.22. The Bertz CT molecular complexity index is 658. The molecule has 1 aliphatic carbocycles. The van der Waals surface area contributed by atoms with Gasteiger partial charge in [0.15, 0.2) is 5.75 Å². The fraction of sp³-hybridized carbons (Fsp3) is 0.538. The molecule has 0 amide bonds. The molecular formula is C13H17ClN2O5S. The molecule has 0 atom stereocenters. The number of hydrogen-bond donors (Lipinski definition) is 0. The monoisotopic (exact) mass is 348 g/mol. The third-order valence-electron chi connectivity index (χ3n) is 3.76. The van der Waals surface area contributed by atoms with Crippen LogP contribution in [-0.4, -0.2) is 30.7 Å². The summed E-state index contributed by atoms with van der Waals surface area (Å²) in [5, 5.41) is 10.5. The molecule has 0 spiro atoms. The van der Waals surface area contributed by atoms with Gasteiger partial charge in [-0.25, -0.2) is 0 Å². The molecule has 0 aromatic heterocycles. The summed E-state index contributed by atoms with van der Waals surface area (Å²) in [4.78, 5) is 10.0. The van der Waals surface area contributed by atoms with Crippen molar-refractivity contribution in [1.29, 1.82) is 0 Å². The van der Waals surface area contributed by atoms with Crippen molar-refractivity contribution in [2.24, 2.45) is 0 Å². The van der Waals surface area contributed by atoms with Crippen LogP contribution in [0.25, 0.3) is 0 Å². The van der Waals surface area contributed by atoms with Crippen LogP contribution in [0.4, 0.5) is 5.69 Å². The second kappa shape index (κ2) is 6.80. The molecule has 9 heteroatoms. The average molecular weight is 349 g/mol. The average Bonchev–Trinajstić information content (AvgIpc) is 2.49. The van der Waals surface area contributed by atoms with Crippen LogP contribution in [0.5, 0.6) is 5.75 Å². The lowest BCUT2D eigenvalue weighted by Crippen LogP contribution is -2.40. The van der Waals surface area contributed by atoms with Crippen molar-refractivity contribution in [3.05, 3.63) is 33.3 Å². The van der Waals surface area contributed by atoms with Gasteiger partial charge in [0.2, 0.25) is 0 Å². The van der Waals surface area contributed by atoms with Crippen LogP contribution in [0.15, 0.2) is 18.2 Å². The van der Waals surface area contributed by atoms with Gasteiger partial charge < -0.3 is 4.18 Å². The number of nitro groups is 1. The van der Waals surface area contributed by atoms with Crippen molar-refractivity contribution in [3.8, 4) is 5.75 Å². The maximum absolute atomic E-state index is 12.3. The molecule has 0 unspecified atom stereocenters. The van der Waals surface area contributed by atoms with Crippen molar-refractivity contribution in [2.45, 2.75) is 38.1 Å². The third kappa shape index (κ3) is 3.88. The Morgan fingerprint density at radius 3 is 2.50 bits per heavy atom. The predicted molar refractivity (Wildman–Crippen MR) is 82.3 cm³/mol. The van der Waals surface area contributed by atoms with Crippen LogP contribution in [0, 0.1) is 10.1 Å². The molecule has 122 valence electrons. The van der Waals surface area contributed by atoms with Crippen LogP contribution in [0.1, 0.15) is 32.1 Å². The highest BCUT2D eigenvalue weighted by molar-refractivity contribution is 7.84. The smallest absolute Gasteiger partial charge is 0.369 e. The first-order chi connectivity index (χ1) is 10.3. The summed E-state index contributed by atoms with van der Waals surface area (Å²) in [6.07, 6.45) is 4.69. The van der Waals surface area contributed by atoms with Gasteiger partial charge in [0.25, 0.3) is 5.69 Å². The Balaban J connectivity index is 2.15. The Morgan fingerprint density at radius 1 is 1.32 bits per heavy atom. The molecule has 1 saturated carbocycles. The van der Waals surface area contributed by atoms with Gasteiger partial charge in [0.05, 0.1) is 9.95 Å². The first-order valence-electron chi connectivity index (χ1n) is 6.92. The molecule has 0 radical (unpaired) electrons. The van der Waals surface area contributed by atoms with Crippen LogP contribution < -0.4 is 4.18 Å². The molecule has 0 bridgehead atoms. The summed E-state index contributed by atoms with van der Waals surface area (Å²) in [5.74, 6) is -0.116. The van der Waals surface area contributed by atoms with E-state index in [-0.39, 0.29) is 22.5 Å². The standard InChI is InChI=1S/C13H17ClN2O5S/c1-15(10-5-3-2-4-6-10)22(19,20)21-13-8-7-11(16(17)18)9-12(13)14/h7-10H,2-6H2,1H3. The van der Waals surface area contributed by atoms with Crippen LogP contribution in [-0.2, 0) is 10.3 Å². The van der Waals surface area contributed by atoms with Crippen molar-refractivity contribution in [2.75, 3.05) is 7.05 Å². The summed E-state index contributed by atoms with van der Waals surface area (Å²) in [5.41, 5.74) is -0.226. The molecule has 1 aromatic rings. The molecule has 1 fully saturated rings. The quantitative estimate of drug-likeness (QED) is 0.602. The van der Waals surface area contributed by atoms with E-state index in [0.717, 1.165) is 44.2 Å². The van der Waals surface area contributed by atoms with Gasteiger partial charge in [0.1, 0.15) is 0 Å². The molecule has 2 rings (SSSR count). The van der Waals surface area contributed by atoms with Gasteiger partial charge >= 0.3 is 10.3 Å². The van der Waals surface area contributed by atoms with E-state index >= 15 is 0 Å². The molecule has 7 nitrogen and oxygen atoms in total. The van der Waals surface area contributed by atoms with Gasteiger partial charge in [-0.3, -0.25) is 10.1 Å². The SMILES string of the molecule is CN(C1CCCCC1)S(=O)(=O)Oc1ccc([N+](=O)[O-])cc1Cl. The van der Waals surface area contributed by atoms with Crippen LogP contribution in [0.2, 0.25) is 5.02 Å². The van der Waals surface area contributed by atoms with Crippen molar-refractivity contribution >= 4 is 27.6 Å². The number of benzene rings is 1. The molecule has 1 aromatic carbocycles. The van der Waals surface area contributed by atoms with Gasteiger partial charge in [-0.05, 0) is 18.9 Å². The first-order valence-corrected chi connectivity index (χ1v) is 8.67. The van der Waals surface area contributed by atoms with E-state index in [4.69, 9.17) is 15.8 Å². The molecule has 0 N–H and O–H groups in total. The number of hydrogen-bond acceptors (Lipinski definition) is 5. The molecule has 22 heavy (non-hydrogen) atoms.